The Kier molecular flexibility index (Phi) is 6.46. The van der Waals surface area contributed by atoms with Crippen molar-refractivity contribution < 1.29 is 19.0 Å². The van der Waals surface area contributed by atoms with Crippen molar-refractivity contribution in [3.8, 4) is 5.75 Å². The van der Waals surface area contributed by atoms with E-state index in [1.807, 2.05) is 48.5 Å². The highest BCUT2D eigenvalue weighted by Gasteiger charge is 2.16. The van der Waals surface area contributed by atoms with Crippen LogP contribution in [0.15, 0.2) is 48.5 Å². The van der Waals surface area contributed by atoms with E-state index >= 15 is 0 Å². The maximum absolute atomic E-state index is 12.2. The summed E-state index contributed by atoms with van der Waals surface area (Å²) < 4.78 is 16.2. The third kappa shape index (κ3) is 5.21. The van der Waals surface area contributed by atoms with Crippen molar-refractivity contribution in [2.75, 3.05) is 38.7 Å². The second-order valence-corrected chi connectivity index (χ2v) is 6.07. The van der Waals surface area contributed by atoms with Gasteiger partial charge in [-0.1, -0.05) is 24.3 Å². The van der Waals surface area contributed by atoms with Crippen LogP contribution in [0.5, 0.6) is 5.75 Å². The molecule has 1 fully saturated rings. The van der Waals surface area contributed by atoms with Gasteiger partial charge in [-0.2, -0.15) is 0 Å². The van der Waals surface area contributed by atoms with E-state index in [1.165, 1.54) is 0 Å². The fourth-order valence-electron chi connectivity index (χ4n) is 2.72. The lowest BCUT2D eigenvalue weighted by Crippen LogP contribution is -2.43. The molecule has 0 bridgehead atoms. The number of carbonyl (C=O) groups is 1. The van der Waals surface area contributed by atoms with Crippen molar-refractivity contribution in [1.82, 2.24) is 4.90 Å². The maximum Gasteiger partial charge on any atom is 0.321 e. The molecule has 0 atom stereocenters. The first-order valence-electron chi connectivity index (χ1n) is 8.68. The highest BCUT2D eigenvalue weighted by Crippen LogP contribution is 2.15. The van der Waals surface area contributed by atoms with Crippen LogP contribution in [0.1, 0.15) is 11.1 Å². The molecule has 1 N–H and O–H groups in total. The van der Waals surface area contributed by atoms with Crippen LogP contribution >= 0.6 is 0 Å². The van der Waals surface area contributed by atoms with Crippen molar-refractivity contribution >= 4 is 11.7 Å². The quantitative estimate of drug-likeness (QED) is 0.863. The molecule has 0 aliphatic carbocycles. The van der Waals surface area contributed by atoms with Gasteiger partial charge in [0.15, 0.2) is 0 Å². The molecule has 6 nitrogen and oxygen atoms in total. The molecule has 0 radical (unpaired) electrons. The minimum Gasteiger partial charge on any atom is -0.497 e. The number of anilines is 1. The SMILES string of the molecule is COc1ccc(COCc2cccc(NC(=O)N3CCOCC3)c2)cc1. The van der Waals surface area contributed by atoms with Crippen molar-refractivity contribution in [3.05, 3.63) is 59.7 Å². The number of morpholine rings is 1. The van der Waals surface area contributed by atoms with Crippen molar-refractivity contribution in [3.63, 3.8) is 0 Å². The third-order valence-electron chi connectivity index (χ3n) is 4.17. The van der Waals surface area contributed by atoms with Gasteiger partial charge in [-0.05, 0) is 35.4 Å². The number of hydrogen-bond acceptors (Lipinski definition) is 4. The number of urea groups is 1. The van der Waals surface area contributed by atoms with E-state index in [9.17, 15) is 4.79 Å². The van der Waals surface area contributed by atoms with E-state index in [0.29, 0.717) is 39.5 Å². The molecule has 0 unspecified atom stereocenters. The highest BCUT2D eigenvalue weighted by atomic mass is 16.5. The average molecular weight is 356 g/mol. The van der Waals surface area contributed by atoms with Gasteiger partial charge >= 0.3 is 6.03 Å². The van der Waals surface area contributed by atoms with Crippen LogP contribution in [-0.2, 0) is 22.7 Å². The first-order valence-corrected chi connectivity index (χ1v) is 8.68. The minimum atomic E-state index is -0.0930. The van der Waals surface area contributed by atoms with Gasteiger partial charge in [0.05, 0.1) is 33.5 Å². The predicted octanol–water partition coefficient (Wildman–Crippen LogP) is 3.28. The van der Waals surface area contributed by atoms with Gasteiger partial charge in [-0.25, -0.2) is 4.79 Å². The Balaban J connectivity index is 1.49. The Morgan fingerprint density at radius 1 is 1.08 bits per heavy atom. The molecule has 6 heteroatoms. The summed E-state index contributed by atoms with van der Waals surface area (Å²) in [7, 11) is 1.65. The molecular formula is C20H24N2O4. The summed E-state index contributed by atoms with van der Waals surface area (Å²) in [5.74, 6) is 0.831. The van der Waals surface area contributed by atoms with Gasteiger partial charge in [-0.3, -0.25) is 0 Å². The summed E-state index contributed by atoms with van der Waals surface area (Å²) in [6.45, 7) is 3.42. The van der Waals surface area contributed by atoms with Gasteiger partial charge in [0.25, 0.3) is 0 Å². The van der Waals surface area contributed by atoms with Gasteiger partial charge in [0.2, 0.25) is 0 Å². The summed E-state index contributed by atoms with van der Waals surface area (Å²) >= 11 is 0. The molecule has 0 spiro atoms. The van der Waals surface area contributed by atoms with Crippen molar-refractivity contribution in [1.29, 1.82) is 0 Å². The molecule has 2 amide bonds. The molecule has 2 aromatic rings. The monoisotopic (exact) mass is 356 g/mol. The zero-order valence-corrected chi connectivity index (χ0v) is 14.9. The number of nitrogens with zero attached hydrogens (tertiary/aromatic N) is 1. The zero-order valence-electron chi connectivity index (χ0n) is 14.9. The van der Waals surface area contributed by atoms with Crippen LogP contribution in [0.3, 0.4) is 0 Å². The van der Waals surface area contributed by atoms with E-state index in [1.54, 1.807) is 12.0 Å². The summed E-state index contributed by atoms with van der Waals surface area (Å²) in [5, 5.41) is 2.93. The topological polar surface area (TPSA) is 60.0 Å². The van der Waals surface area contributed by atoms with E-state index < -0.39 is 0 Å². The second-order valence-electron chi connectivity index (χ2n) is 6.07. The number of carbonyl (C=O) groups excluding carboxylic acids is 1. The van der Waals surface area contributed by atoms with E-state index in [2.05, 4.69) is 5.32 Å². The predicted molar refractivity (Wildman–Crippen MR) is 99.3 cm³/mol. The minimum absolute atomic E-state index is 0.0930. The number of hydrogen-bond donors (Lipinski definition) is 1. The molecule has 0 aromatic heterocycles. The highest BCUT2D eigenvalue weighted by molar-refractivity contribution is 5.89. The van der Waals surface area contributed by atoms with Crippen LogP contribution in [0, 0.1) is 0 Å². The Morgan fingerprint density at radius 3 is 2.54 bits per heavy atom. The van der Waals surface area contributed by atoms with Crippen LogP contribution in [-0.4, -0.2) is 44.3 Å². The zero-order chi connectivity index (χ0) is 18.2. The molecule has 1 heterocycles. The Hall–Kier alpha value is -2.57. The molecule has 3 rings (SSSR count). The van der Waals surface area contributed by atoms with Gasteiger partial charge in [0, 0.05) is 18.8 Å². The number of rotatable bonds is 6. The van der Waals surface area contributed by atoms with Gasteiger partial charge < -0.3 is 24.4 Å². The first kappa shape index (κ1) is 18.2. The standard InChI is InChI=1S/C20H24N2O4/c1-24-19-7-5-16(6-8-19)14-26-15-17-3-2-4-18(13-17)21-20(23)22-9-11-25-12-10-22/h2-8,13H,9-12,14-15H2,1H3,(H,21,23). The number of ether oxygens (including phenoxy) is 3. The molecule has 0 saturated carbocycles. The normalized spacial score (nSPS) is 14.1. The van der Waals surface area contributed by atoms with Crippen LogP contribution in [0.25, 0.3) is 0 Å². The van der Waals surface area contributed by atoms with Gasteiger partial charge in [0.1, 0.15) is 5.75 Å². The largest absolute Gasteiger partial charge is 0.497 e. The Morgan fingerprint density at radius 2 is 1.81 bits per heavy atom. The molecule has 1 saturated heterocycles. The number of methoxy groups -OCH3 is 1. The van der Waals surface area contributed by atoms with Crippen molar-refractivity contribution in [2.24, 2.45) is 0 Å². The molecular weight excluding hydrogens is 332 g/mol. The van der Waals surface area contributed by atoms with E-state index in [0.717, 1.165) is 22.6 Å². The number of benzene rings is 2. The lowest BCUT2D eigenvalue weighted by molar-refractivity contribution is 0.0564. The average Bonchev–Trinajstić information content (AvgIpc) is 2.69. The van der Waals surface area contributed by atoms with E-state index in [-0.39, 0.29) is 6.03 Å². The second kappa shape index (κ2) is 9.22. The molecule has 1 aliphatic heterocycles. The summed E-state index contributed by atoms with van der Waals surface area (Å²) in [6.07, 6.45) is 0. The molecule has 1 aliphatic rings. The molecule has 138 valence electrons. The van der Waals surface area contributed by atoms with E-state index in [4.69, 9.17) is 14.2 Å². The summed E-state index contributed by atoms with van der Waals surface area (Å²) in [4.78, 5) is 14.0. The van der Waals surface area contributed by atoms with Gasteiger partial charge in [-0.15, -0.1) is 0 Å². The summed E-state index contributed by atoms with van der Waals surface area (Å²) in [5.41, 5.74) is 2.87. The fourth-order valence-corrected chi connectivity index (χ4v) is 2.72. The molecule has 26 heavy (non-hydrogen) atoms. The fraction of sp³-hybridized carbons (Fsp3) is 0.350. The molecule has 2 aromatic carbocycles. The van der Waals surface area contributed by atoms with Crippen LogP contribution in [0.2, 0.25) is 0 Å². The third-order valence-corrected chi connectivity index (χ3v) is 4.17. The lowest BCUT2D eigenvalue weighted by Gasteiger charge is -2.27. The smallest absolute Gasteiger partial charge is 0.321 e. The first-order chi connectivity index (χ1) is 12.7. The van der Waals surface area contributed by atoms with Crippen LogP contribution in [0.4, 0.5) is 10.5 Å². The maximum atomic E-state index is 12.2. The van der Waals surface area contributed by atoms with Crippen LogP contribution < -0.4 is 10.1 Å². The Bertz CT molecular complexity index is 712. The number of amides is 2. The summed E-state index contributed by atoms with van der Waals surface area (Å²) in [6, 6.07) is 15.4. The number of nitrogens with one attached hydrogen (secondary N) is 1. The van der Waals surface area contributed by atoms with Crippen molar-refractivity contribution in [2.45, 2.75) is 13.2 Å². The lowest BCUT2D eigenvalue weighted by atomic mass is 10.2. The Labute approximate surface area is 153 Å².